The highest BCUT2D eigenvalue weighted by Gasteiger charge is 2.14. The molecule has 140 valence electrons. The number of anilines is 1. The van der Waals surface area contributed by atoms with Crippen molar-refractivity contribution in [1.29, 1.82) is 0 Å². The summed E-state index contributed by atoms with van der Waals surface area (Å²) in [7, 11) is 0. The molecule has 4 rings (SSSR count). The predicted octanol–water partition coefficient (Wildman–Crippen LogP) is 2.31. The van der Waals surface area contributed by atoms with Gasteiger partial charge in [0.25, 0.3) is 5.56 Å². The molecule has 0 radical (unpaired) electrons. The fourth-order valence-electron chi connectivity index (χ4n) is 3.00. The number of rotatable bonds is 5. The standard InChI is InChI=1S/C20H18N6O2/c1-14-23-19-17(13-22-26(19)16-5-3-2-4-6-16)20(28)25(14)12-9-18(27)24-15-7-10-21-11-8-15/h2-8,10-11,13H,9,12H2,1H3,(H,21,24,27). The zero-order valence-corrected chi connectivity index (χ0v) is 15.2. The summed E-state index contributed by atoms with van der Waals surface area (Å²) in [5, 5.41) is 7.52. The van der Waals surface area contributed by atoms with Gasteiger partial charge in [-0.2, -0.15) is 5.10 Å². The van der Waals surface area contributed by atoms with Crippen LogP contribution in [0.4, 0.5) is 5.69 Å². The number of para-hydroxylation sites is 1. The van der Waals surface area contributed by atoms with Crippen LogP contribution in [-0.2, 0) is 11.3 Å². The van der Waals surface area contributed by atoms with E-state index in [4.69, 9.17) is 0 Å². The summed E-state index contributed by atoms with van der Waals surface area (Å²) >= 11 is 0. The lowest BCUT2D eigenvalue weighted by Crippen LogP contribution is -2.26. The zero-order valence-electron chi connectivity index (χ0n) is 15.2. The van der Waals surface area contributed by atoms with Gasteiger partial charge in [-0.1, -0.05) is 18.2 Å². The fraction of sp³-hybridized carbons (Fsp3) is 0.150. The Morgan fingerprint density at radius 1 is 1.11 bits per heavy atom. The van der Waals surface area contributed by atoms with Crippen LogP contribution in [0, 0.1) is 6.92 Å². The number of nitrogens with one attached hydrogen (secondary N) is 1. The number of amides is 1. The van der Waals surface area contributed by atoms with Gasteiger partial charge in [0, 0.05) is 31.0 Å². The highest BCUT2D eigenvalue weighted by molar-refractivity contribution is 5.90. The second-order valence-corrected chi connectivity index (χ2v) is 6.28. The van der Waals surface area contributed by atoms with Gasteiger partial charge in [0.05, 0.1) is 11.9 Å². The number of benzene rings is 1. The van der Waals surface area contributed by atoms with Gasteiger partial charge in [-0.05, 0) is 31.2 Å². The number of aryl methyl sites for hydroxylation is 1. The van der Waals surface area contributed by atoms with E-state index in [9.17, 15) is 9.59 Å². The molecule has 0 fully saturated rings. The molecule has 3 aromatic heterocycles. The van der Waals surface area contributed by atoms with Crippen LogP contribution >= 0.6 is 0 Å². The maximum Gasteiger partial charge on any atom is 0.264 e. The van der Waals surface area contributed by atoms with Crippen LogP contribution in [0.2, 0.25) is 0 Å². The van der Waals surface area contributed by atoms with E-state index in [-0.39, 0.29) is 24.4 Å². The van der Waals surface area contributed by atoms with E-state index < -0.39 is 0 Å². The average Bonchev–Trinajstić information content (AvgIpc) is 3.13. The van der Waals surface area contributed by atoms with Crippen LogP contribution < -0.4 is 10.9 Å². The monoisotopic (exact) mass is 374 g/mol. The Kier molecular flexibility index (Phi) is 4.67. The number of hydrogen-bond acceptors (Lipinski definition) is 5. The van der Waals surface area contributed by atoms with Crippen molar-refractivity contribution < 1.29 is 4.79 Å². The molecule has 3 heterocycles. The quantitative estimate of drug-likeness (QED) is 0.578. The summed E-state index contributed by atoms with van der Waals surface area (Å²) in [5.74, 6) is 0.351. The number of pyridine rings is 1. The van der Waals surface area contributed by atoms with Gasteiger partial charge >= 0.3 is 0 Å². The van der Waals surface area contributed by atoms with E-state index in [1.54, 1.807) is 36.1 Å². The molecule has 1 aromatic carbocycles. The summed E-state index contributed by atoms with van der Waals surface area (Å²) < 4.78 is 3.15. The molecule has 4 aromatic rings. The number of carbonyl (C=O) groups is 1. The lowest BCUT2D eigenvalue weighted by atomic mass is 10.3. The van der Waals surface area contributed by atoms with Gasteiger partial charge < -0.3 is 5.32 Å². The zero-order chi connectivity index (χ0) is 19.5. The third kappa shape index (κ3) is 3.39. The Balaban J connectivity index is 1.58. The summed E-state index contributed by atoms with van der Waals surface area (Å²) in [6.07, 6.45) is 4.88. The van der Waals surface area contributed by atoms with Crippen molar-refractivity contribution in [1.82, 2.24) is 24.3 Å². The van der Waals surface area contributed by atoms with Crippen LogP contribution in [0.3, 0.4) is 0 Å². The van der Waals surface area contributed by atoms with Gasteiger partial charge in [-0.3, -0.25) is 19.1 Å². The molecule has 0 spiro atoms. The number of hydrogen-bond donors (Lipinski definition) is 1. The summed E-state index contributed by atoms with van der Waals surface area (Å²) in [4.78, 5) is 33.5. The van der Waals surface area contributed by atoms with Crippen LogP contribution in [0.25, 0.3) is 16.7 Å². The molecule has 0 saturated carbocycles. The van der Waals surface area contributed by atoms with Crippen molar-refractivity contribution in [3.05, 3.63) is 77.2 Å². The van der Waals surface area contributed by atoms with E-state index in [0.29, 0.717) is 22.5 Å². The molecule has 8 nitrogen and oxygen atoms in total. The Morgan fingerprint density at radius 2 is 1.86 bits per heavy atom. The van der Waals surface area contributed by atoms with E-state index in [1.807, 2.05) is 30.3 Å². The number of nitrogens with zero attached hydrogens (tertiary/aromatic N) is 5. The first-order valence-electron chi connectivity index (χ1n) is 8.84. The molecule has 0 bridgehead atoms. The fourth-order valence-corrected chi connectivity index (χ4v) is 3.00. The Labute approximate surface area is 160 Å². The van der Waals surface area contributed by atoms with Gasteiger partial charge in [0.2, 0.25) is 5.91 Å². The second kappa shape index (κ2) is 7.43. The minimum atomic E-state index is -0.207. The first-order valence-corrected chi connectivity index (χ1v) is 8.84. The highest BCUT2D eigenvalue weighted by Crippen LogP contribution is 2.14. The molecular formula is C20H18N6O2. The van der Waals surface area contributed by atoms with Crippen molar-refractivity contribution in [3.63, 3.8) is 0 Å². The lowest BCUT2D eigenvalue weighted by Gasteiger charge is -2.10. The molecule has 0 saturated heterocycles. The molecule has 0 atom stereocenters. The van der Waals surface area contributed by atoms with Crippen LogP contribution in [-0.4, -0.2) is 30.2 Å². The summed E-state index contributed by atoms with van der Waals surface area (Å²) in [6.45, 7) is 1.99. The van der Waals surface area contributed by atoms with Crippen LogP contribution in [0.5, 0.6) is 0 Å². The molecule has 0 unspecified atom stereocenters. The van der Waals surface area contributed by atoms with Crippen molar-refractivity contribution >= 4 is 22.6 Å². The van der Waals surface area contributed by atoms with Gasteiger partial charge in [-0.25, -0.2) is 9.67 Å². The highest BCUT2D eigenvalue weighted by atomic mass is 16.2. The predicted molar refractivity (Wildman–Crippen MR) is 105 cm³/mol. The number of aromatic nitrogens is 5. The van der Waals surface area contributed by atoms with Gasteiger partial charge in [0.15, 0.2) is 5.65 Å². The molecule has 0 aliphatic heterocycles. The average molecular weight is 374 g/mol. The van der Waals surface area contributed by atoms with Crippen molar-refractivity contribution in [3.8, 4) is 5.69 Å². The van der Waals surface area contributed by atoms with E-state index in [1.165, 1.54) is 10.8 Å². The van der Waals surface area contributed by atoms with Crippen molar-refractivity contribution in [2.45, 2.75) is 19.9 Å². The third-order valence-electron chi connectivity index (χ3n) is 4.41. The van der Waals surface area contributed by atoms with E-state index >= 15 is 0 Å². The largest absolute Gasteiger partial charge is 0.326 e. The Hall–Kier alpha value is -3.81. The first kappa shape index (κ1) is 17.6. The smallest absolute Gasteiger partial charge is 0.264 e. The van der Waals surface area contributed by atoms with Crippen molar-refractivity contribution in [2.24, 2.45) is 0 Å². The van der Waals surface area contributed by atoms with Gasteiger partial charge in [0.1, 0.15) is 11.2 Å². The molecule has 28 heavy (non-hydrogen) atoms. The van der Waals surface area contributed by atoms with Gasteiger partial charge in [-0.15, -0.1) is 0 Å². The minimum absolute atomic E-state index is 0.156. The molecule has 1 N–H and O–H groups in total. The summed E-state index contributed by atoms with van der Waals surface area (Å²) in [6, 6.07) is 12.9. The minimum Gasteiger partial charge on any atom is -0.326 e. The lowest BCUT2D eigenvalue weighted by molar-refractivity contribution is -0.116. The van der Waals surface area contributed by atoms with E-state index in [0.717, 1.165) is 5.69 Å². The molecule has 0 aliphatic rings. The van der Waals surface area contributed by atoms with Crippen LogP contribution in [0.1, 0.15) is 12.2 Å². The Bertz CT molecular complexity index is 1180. The SMILES string of the molecule is Cc1nc2c(cnn2-c2ccccc2)c(=O)n1CCC(=O)Nc1ccncc1. The summed E-state index contributed by atoms with van der Waals surface area (Å²) in [5.41, 5.74) is 1.80. The first-order chi connectivity index (χ1) is 13.6. The normalized spacial score (nSPS) is 10.9. The maximum absolute atomic E-state index is 12.9. The molecule has 1 amide bonds. The maximum atomic E-state index is 12.9. The Morgan fingerprint density at radius 3 is 2.61 bits per heavy atom. The number of fused-ring (bicyclic) bond motifs is 1. The molecular weight excluding hydrogens is 356 g/mol. The molecule has 0 aliphatic carbocycles. The topological polar surface area (TPSA) is 94.7 Å². The van der Waals surface area contributed by atoms with Crippen LogP contribution in [0.15, 0.2) is 65.8 Å². The second-order valence-electron chi connectivity index (χ2n) is 6.28. The van der Waals surface area contributed by atoms with E-state index in [2.05, 4.69) is 20.4 Å². The van der Waals surface area contributed by atoms with Crippen molar-refractivity contribution in [2.75, 3.05) is 5.32 Å². The number of carbonyl (C=O) groups excluding carboxylic acids is 1. The molecule has 8 heteroatoms. The third-order valence-corrected chi connectivity index (χ3v) is 4.41.